The van der Waals surface area contributed by atoms with Gasteiger partial charge in [-0.15, -0.1) is 0 Å². The first kappa shape index (κ1) is 22.5. The van der Waals surface area contributed by atoms with Gasteiger partial charge in [-0.2, -0.15) is 0 Å². The van der Waals surface area contributed by atoms with Gasteiger partial charge in [0.05, 0.1) is 12.8 Å². The molecule has 0 atom stereocenters. The van der Waals surface area contributed by atoms with Crippen molar-refractivity contribution in [3.8, 4) is 28.5 Å². The third kappa shape index (κ3) is 4.83. The Balaban J connectivity index is 1.33. The monoisotopic (exact) mass is 484 g/mol. The van der Waals surface area contributed by atoms with Crippen molar-refractivity contribution in [2.24, 2.45) is 0 Å². The molecule has 0 aliphatic rings. The zero-order valence-corrected chi connectivity index (χ0v) is 19.8. The number of fused-ring (bicyclic) bond motifs is 1. The Bertz CT molecular complexity index is 1530. The van der Waals surface area contributed by atoms with Crippen molar-refractivity contribution in [3.05, 3.63) is 95.2 Å². The summed E-state index contributed by atoms with van der Waals surface area (Å²) in [4.78, 5) is 17.2. The largest absolute Gasteiger partial charge is 0.495 e. The molecular weight excluding hydrogens is 464 g/mol. The van der Waals surface area contributed by atoms with Crippen LogP contribution in [0.2, 0.25) is 5.02 Å². The number of rotatable bonds is 6. The molecule has 0 unspecified atom stereocenters. The number of benzene rings is 3. The first-order chi connectivity index (χ1) is 17.0. The van der Waals surface area contributed by atoms with Crippen molar-refractivity contribution in [1.82, 2.24) is 4.98 Å². The minimum absolute atomic E-state index is 0.339. The van der Waals surface area contributed by atoms with Crippen molar-refractivity contribution < 1.29 is 18.4 Å². The number of carbonyl (C=O) groups excluding carboxylic acids is 1. The van der Waals surface area contributed by atoms with E-state index in [0.29, 0.717) is 45.0 Å². The number of anilines is 1. The smallest absolute Gasteiger partial charge is 0.248 e. The SMILES string of the molecule is COc1ccc(-c2nc3ccccc3o2)cc1NC(=O)C=Cc1ccc(-c2ccc(C)c(Cl)c2)o1. The third-order valence-corrected chi connectivity index (χ3v) is 5.89. The average Bonchev–Trinajstić information content (AvgIpc) is 3.52. The van der Waals surface area contributed by atoms with Gasteiger partial charge in [-0.05, 0) is 67.1 Å². The number of oxazole rings is 1. The van der Waals surface area contributed by atoms with E-state index in [1.165, 1.54) is 6.08 Å². The van der Waals surface area contributed by atoms with Crippen LogP contribution in [0.3, 0.4) is 0 Å². The lowest BCUT2D eigenvalue weighted by molar-refractivity contribution is -0.111. The summed E-state index contributed by atoms with van der Waals surface area (Å²) in [6.45, 7) is 1.94. The molecule has 0 aliphatic heterocycles. The summed E-state index contributed by atoms with van der Waals surface area (Å²) in [5, 5.41) is 3.52. The summed E-state index contributed by atoms with van der Waals surface area (Å²) >= 11 is 6.22. The van der Waals surface area contributed by atoms with Gasteiger partial charge in [0.2, 0.25) is 11.8 Å². The Kier molecular flexibility index (Phi) is 6.12. The van der Waals surface area contributed by atoms with E-state index >= 15 is 0 Å². The Morgan fingerprint density at radius 3 is 2.63 bits per heavy atom. The van der Waals surface area contributed by atoms with Crippen LogP contribution in [0.4, 0.5) is 5.69 Å². The van der Waals surface area contributed by atoms with E-state index in [2.05, 4.69) is 10.3 Å². The van der Waals surface area contributed by atoms with Crippen molar-refractivity contribution in [3.63, 3.8) is 0 Å². The van der Waals surface area contributed by atoms with Gasteiger partial charge in [0.25, 0.3) is 0 Å². The molecule has 3 aromatic carbocycles. The number of nitrogens with zero attached hydrogens (tertiary/aromatic N) is 1. The Hall–Kier alpha value is -4.29. The highest BCUT2D eigenvalue weighted by molar-refractivity contribution is 6.31. The van der Waals surface area contributed by atoms with E-state index in [4.69, 9.17) is 25.2 Å². The number of para-hydroxylation sites is 2. The van der Waals surface area contributed by atoms with E-state index in [-0.39, 0.29) is 5.91 Å². The lowest BCUT2D eigenvalue weighted by atomic mass is 10.1. The van der Waals surface area contributed by atoms with Crippen LogP contribution in [0, 0.1) is 6.92 Å². The molecule has 0 bridgehead atoms. The van der Waals surface area contributed by atoms with Gasteiger partial charge in [-0.1, -0.05) is 35.9 Å². The van der Waals surface area contributed by atoms with Gasteiger partial charge in [-0.25, -0.2) is 4.98 Å². The highest BCUT2D eigenvalue weighted by Crippen LogP contribution is 2.32. The predicted molar refractivity (Wildman–Crippen MR) is 138 cm³/mol. The number of hydrogen-bond donors (Lipinski definition) is 1. The maximum Gasteiger partial charge on any atom is 0.248 e. The number of nitrogens with one attached hydrogen (secondary N) is 1. The lowest BCUT2D eigenvalue weighted by Crippen LogP contribution is -2.09. The molecule has 0 spiro atoms. The van der Waals surface area contributed by atoms with Crippen LogP contribution in [0.25, 0.3) is 40.0 Å². The van der Waals surface area contributed by atoms with E-state index in [0.717, 1.165) is 16.6 Å². The molecule has 1 amide bonds. The topological polar surface area (TPSA) is 77.5 Å². The number of aromatic nitrogens is 1. The first-order valence-corrected chi connectivity index (χ1v) is 11.3. The van der Waals surface area contributed by atoms with Crippen molar-refractivity contribution in [2.45, 2.75) is 6.92 Å². The van der Waals surface area contributed by atoms with Crippen molar-refractivity contribution >= 4 is 40.4 Å². The Labute approximate surface area is 206 Å². The molecule has 0 saturated heterocycles. The normalized spacial score (nSPS) is 11.3. The fraction of sp³-hybridized carbons (Fsp3) is 0.0714. The van der Waals surface area contributed by atoms with Gasteiger partial charge >= 0.3 is 0 Å². The molecule has 0 saturated carbocycles. The van der Waals surface area contributed by atoms with Crippen LogP contribution in [-0.4, -0.2) is 18.0 Å². The molecule has 6 nitrogen and oxygen atoms in total. The number of ether oxygens (including phenoxy) is 1. The molecule has 174 valence electrons. The summed E-state index contributed by atoms with van der Waals surface area (Å²) in [5.74, 6) is 1.84. The molecule has 5 rings (SSSR count). The number of furan rings is 1. The molecule has 2 heterocycles. The fourth-order valence-electron chi connectivity index (χ4n) is 3.61. The van der Waals surface area contributed by atoms with Crippen LogP contribution >= 0.6 is 11.6 Å². The number of carbonyl (C=O) groups is 1. The molecule has 2 aromatic heterocycles. The zero-order valence-electron chi connectivity index (χ0n) is 19.0. The number of aryl methyl sites for hydroxylation is 1. The second kappa shape index (κ2) is 9.52. The maximum atomic E-state index is 12.6. The third-order valence-electron chi connectivity index (χ3n) is 5.48. The van der Waals surface area contributed by atoms with Gasteiger partial charge in [0.1, 0.15) is 22.8 Å². The van der Waals surface area contributed by atoms with E-state index in [1.807, 2.05) is 61.5 Å². The second-order valence-electron chi connectivity index (χ2n) is 7.89. The summed E-state index contributed by atoms with van der Waals surface area (Å²) < 4.78 is 17.1. The van der Waals surface area contributed by atoms with Crippen molar-refractivity contribution in [1.29, 1.82) is 0 Å². The van der Waals surface area contributed by atoms with Gasteiger partial charge < -0.3 is 18.9 Å². The van der Waals surface area contributed by atoms with Gasteiger partial charge in [0, 0.05) is 22.2 Å². The fourth-order valence-corrected chi connectivity index (χ4v) is 3.79. The summed E-state index contributed by atoms with van der Waals surface area (Å²) in [6, 6.07) is 22.2. The second-order valence-corrected chi connectivity index (χ2v) is 8.30. The Morgan fingerprint density at radius 2 is 1.83 bits per heavy atom. The minimum atomic E-state index is -0.339. The van der Waals surface area contributed by atoms with Crippen LogP contribution < -0.4 is 10.1 Å². The van der Waals surface area contributed by atoms with Crippen molar-refractivity contribution in [2.75, 3.05) is 12.4 Å². The number of methoxy groups -OCH3 is 1. The van der Waals surface area contributed by atoms with Crippen LogP contribution in [0.5, 0.6) is 5.75 Å². The maximum absolute atomic E-state index is 12.6. The first-order valence-electron chi connectivity index (χ1n) is 10.9. The summed E-state index contributed by atoms with van der Waals surface area (Å²) in [7, 11) is 1.54. The van der Waals surface area contributed by atoms with E-state index < -0.39 is 0 Å². The van der Waals surface area contributed by atoms with Crippen LogP contribution in [0.15, 0.2) is 87.7 Å². The van der Waals surface area contributed by atoms with E-state index in [1.54, 1.807) is 31.4 Å². The van der Waals surface area contributed by atoms with Crippen LogP contribution in [0.1, 0.15) is 11.3 Å². The molecule has 35 heavy (non-hydrogen) atoms. The highest BCUT2D eigenvalue weighted by Gasteiger charge is 2.13. The predicted octanol–water partition coefficient (Wildman–Crippen LogP) is 7.38. The molecule has 5 aromatic rings. The quantitative estimate of drug-likeness (QED) is 0.254. The summed E-state index contributed by atoms with van der Waals surface area (Å²) in [6.07, 6.45) is 3.00. The van der Waals surface area contributed by atoms with Gasteiger partial charge in [0.15, 0.2) is 5.58 Å². The minimum Gasteiger partial charge on any atom is -0.495 e. The number of halogens is 1. The molecule has 7 heteroatoms. The number of amides is 1. The average molecular weight is 485 g/mol. The molecule has 0 aliphatic carbocycles. The standard InChI is InChI=1S/C28H21ClN2O4/c1-17-7-8-18(15-21(17)29)24-13-10-20(34-24)11-14-27(32)30-23-16-19(9-12-25(23)33-2)28-31-22-5-3-4-6-26(22)35-28/h3-16H,1-2H3,(H,30,32). The Morgan fingerprint density at radius 1 is 1.00 bits per heavy atom. The van der Waals surface area contributed by atoms with E-state index in [9.17, 15) is 4.79 Å². The van der Waals surface area contributed by atoms with Crippen LogP contribution in [-0.2, 0) is 4.79 Å². The number of hydrogen-bond acceptors (Lipinski definition) is 5. The zero-order chi connectivity index (χ0) is 24.4. The molecular formula is C28H21ClN2O4. The lowest BCUT2D eigenvalue weighted by Gasteiger charge is -2.10. The molecule has 0 fully saturated rings. The molecule has 1 N–H and O–H groups in total. The summed E-state index contributed by atoms with van der Waals surface area (Å²) in [5.41, 5.74) is 4.53. The van der Waals surface area contributed by atoms with Gasteiger partial charge in [-0.3, -0.25) is 4.79 Å². The highest BCUT2D eigenvalue weighted by atomic mass is 35.5. The molecule has 0 radical (unpaired) electrons.